The van der Waals surface area contributed by atoms with E-state index in [2.05, 4.69) is 15.9 Å². The number of carbonyl (C=O) groups is 1. The van der Waals surface area contributed by atoms with Crippen molar-refractivity contribution in [3.05, 3.63) is 75.9 Å². The van der Waals surface area contributed by atoms with Crippen molar-refractivity contribution in [3.63, 3.8) is 0 Å². The highest BCUT2D eigenvalue weighted by atomic mass is 79.9. The Labute approximate surface area is 146 Å². The molecule has 3 aromatic rings. The summed E-state index contributed by atoms with van der Waals surface area (Å²) in [5, 5.41) is 25.3. The van der Waals surface area contributed by atoms with Gasteiger partial charge in [-0.3, -0.25) is 4.79 Å². The standard InChI is InChI=1S/C17H13BrN2O4/c1-24-12-8-6-11(7-9-12)17(21)16-15(10-18)19(22)13-4-2-3-5-14(13)20(16)23/h2-9H,10H2,1H3. The van der Waals surface area contributed by atoms with Crippen molar-refractivity contribution in [3.8, 4) is 5.75 Å². The van der Waals surface area contributed by atoms with Crippen LogP contribution in [0, 0.1) is 10.4 Å². The molecule has 0 unspecified atom stereocenters. The summed E-state index contributed by atoms with van der Waals surface area (Å²) in [6.07, 6.45) is 0. The van der Waals surface area contributed by atoms with E-state index in [1.54, 1.807) is 42.5 Å². The molecule has 0 atom stereocenters. The predicted octanol–water partition coefficient (Wildman–Crippen LogP) is 2.24. The van der Waals surface area contributed by atoms with Gasteiger partial charge >= 0.3 is 5.69 Å². The van der Waals surface area contributed by atoms with Crippen LogP contribution in [-0.2, 0) is 5.33 Å². The van der Waals surface area contributed by atoms with Gasteiger partial charge in [-0.05, 0) is 24.3 Å². The molecule has 1 aromatic heterocycles. The van der Waals surface area contributed by atoms with Gasteiger partial charge in [-0.25, -0.2) is 0 Å². The highest BCUT2D eigenvalue weighted by Crippen LogP contribution is 2.17. The second-order valence-corrected chi connectivity index (χ2v) is 5.62. The van der Waals surface area contributed by atoms with Crippen molar-refractivity contribution in [2.75, 3.05) is 7.11 Å². The van der Waals surface area contributed by atoms with E-state index in [1.165, 1.54) is 13.2 Å². The van der Waals surface area contributed by atoms with E-state index in [9.17, 15) is 15.2 Å². The summed E-state index contributed by atoms with van der Waals surface area (Å²) in [7, 11) is 1.52. The van der Waals surface area contributed by atoms with Crippen LogP contribution < -0.4 is 14.2 Å². The maximum Gasteiger partial charge on any atom is 0.335 e. The van der Waals surface area contributed by atoms with Crippen LogP contribution in [0.1, 0.15) is 21.7 Å². The number of ether oxygens (including phenoxy) is 1. The summed E-state index contributed by atoms with van der Waals surface area (Å²) >= 11 is 3.20. The van der Waals surface area contributed by atoms with E-state index < -0.39 is 5.78 Å². The van der Waals surface area contributed by atoms with Crippen LogP contribution in [0.25, 0.3) is 11.0 Å². The lowest BCUT2D eigenvalue weighted by molar-refractivity contribution is -0.635. The molecule has 0 saturated carbocycles. The van der Waals surface area contributed by atoms with Crippen LogP contribution in [0.3, 0.4) is 0 Å². The maximum atomic E-state index is 12.8. The van der Waals surface area contributed by atoms with E-state index in [-0.39, 0.29) is 27.8 Å². The molecule has 1 heterocycles. The molecule has 0 amide bonds. The number of para-hydroxylation sites is 2. The van der Waals surface area contributed by atoms with Crippen LogP contribution in [0.15, 0.2) is 48.5 Å². The smallest absolute Gasteiger partial charge is 0.335 e. The topological polar surface area (TPSA) is 80.2 Å². The van der Waals surface area contributed by atoms with Crippen molar-refractivity contribution in [1.29, 1.82) is 0 Å². The van der Waals surface area contributed by atoms with E-state index in [4.69, 9.17) is 4.74 Å². The minimum absolute atomic E-state index is 0.0736. The Kier molecular flexibility index (Phi) is 4.35. The van der Waals surface area contributed by atoms with Crippen LogP contribution in [0.2, 0.25) is 0 Å². The van der Waals surface area contributed by atoms with E-state index in [0.29, 0.717) is 20.8 Å². The molecule has 0 fully saturated rings. The molecule has 0 aliphatic carbocycles. The summed E-state index contributed by atoms with van der Waals surface area (Å²) in [5.41, 5.74) is 0.551. The van der Waals surface area contributed by atoms with Gasteiger partial charge in [0.15, 0.2) is 0 Å². The van der Waals surface area contributed by atoms with Gasteiger partial charge in [0.1, 0.15) is 5.75 Å². The van der Waals surface area contributed by atoms with E-state index in [0.717, 1.165) is 0 Å². The molecule has 0 aliphatic rings. The molecule has 24 heavy (non-hydrogen) atoms. The molecule has 0 bridgehead atoms. The first-order chi connectivity index (χ1) is 11.6. The lowest BCUT2D eigenvalue weighted by Gasteiger charge is -2.11. The fourth-order valence-corrected chi connectivity index (χ4v) is 3.00. The molecule has 122 valence electrons. The molecule has 0 spiro atoms. The molecule has 0 radical (unpaired) electrons. The highest BCUT2D eigenvalue weighted by Gasteiger charge is 2.33. The lowest BCUT2D eigenvalue weighted by Crippen LogP contribution is -2.47. The number of hydrogen-bond donors (Lipinski definition) is 0. The first-order valence-electron chi connectivity index (χ1n) is 7.10. The molecule has 3 rings (SSSR count). The van der Waals surface area contributed by atoms with E-state index in [1.807, 2.05) is 0 Å². The van der Waals surface area contributed by atoms with Gasteiger partial charge in [-0.1, -0.05) is 28.1 Å². The van der Waals surface area contributed by atoms with Gasteiger partial charge in [-0.15, -0.1) is 0 Å². The highest BCUT2D eigenvalue weighted by molar-refractivity contribution is 9.08. The third-order valence-corrected chi connectivity index (χ3v) is 4.27. The zero-order valence-electron chi connectivity index (χ0n) is 12.7. The Morgan fingerprint density at radius 2 is 1.62 bits per heavy atom. The molecule has 0 saturated heterocycles. The Balaban J connectivity index is 2.24. The third-order valence-electron chi connectivity index (χ3n) is 3.73. The average molecular weight is 389 g/mol. The molecule has 7 heteroatoms. The van der Waals surface area contributed by atoms with Crippen molar-refractivity contribution < 1.29 is 19.0 Å². The Bertz CT molecular complexity index is 926. The summed E-state index contributed by atoms with van der Waals surface area (Å²) in [5.74, 6) is 0.0807. The van der Waals surface area contributed by atoms with Crippen LogP contribution in [0.4, 0.5) is 0 Å². The first-order valence-corrected chi connectivity index (χ1v) is 8.22. The number of alkyl halides is 1. The minimum Gasteiger partial charge on any atom is -0.618 e. The fraction of sp³-hybridized carbons (Fsp3) is 0.118. The molecule has 0 aliphatic heterocycles. The van der Waals surface area contributed by atoms with Crippen molar-refractivity contribution in [1.82, 2.24) is 0 Å². The number of hydrogen-bond acceptors (Lipinski definition) is 4. The second-order valence-electron chi connectivity index (χ2n) is 5.06. The Morgan fingerprint density at radius 3 is 2.17 bits per heavy atom. The van der Waals surface area contributed by atoms with Gasteiger partial charge in [-0.2, -0.15) is 9.46 Å². The number of aromatic nitrogens is 2. The van der Waals surface area contributed by atoms with Gasteiger partial charge in [0.2, 0.25) is 0 Å². The van der Waals surface area contributed by atoms with Crippen molar-refractivity contribution in [2.45, 2.75) is 5.33 Å². The van der Waals surface area contributed by atoms with Crippen molar-refractivity contribution in [2.24, 2.45) is 0 Å². The summed E-state index contributed by atoms with van der Waals surface area (Å²) in [4.78, 5) is 12.8. The number of nitrogens with zero attached hydrogens (tertiary/aromatic N) is 2. The Hall–Kier alpha value is -2.67. The largest absolute Gasteiger partial charge is 0.618 e. The fourth-order valence-electron chi connectivity index (χ4n) is 2.51. The van der Waals surface area contributed by atoms with Crippen molar-refractivity contribution >= 4 is 32.7 Å². The zero-order chi connectivity index (χ0) is 17.3. The SMILES string of the molecule is COc1ccc(C(=O)c2c(CBr)[n+]([O-])c3ccccc3[n+]2[O-])cc1. The second kappa shape index (κ2) is 6.45. The van der Waals surface area contributed by atoms with Gasteiger partial charge in [0.05, 0.1) is 12.4 Å². The average Bonchev–Trinajstić information content (AvgIpc) is 2.64. The number of methoxy groups -OCH3 is 1. The summed E-state index contributed by atoms with van der Waals surface area (Å²) in [6.45, 7) is 0. The van der Waals surface area contributed by atoms with Crippen LogP contribution in [-0.4, -0.2) is 12.9 Å². The van der Waals surface area contributed by atoms with Crippen LogP contribution >= 0.6 is 15.9 Å². The number of rotatable bonds is 4. The Morgan fingerprint density at radius 1 is 1.04 bits per heavy atom. The van der Waals surface area contributed by atoms with Gasteiger partial charge in [0, 0.05) is 17.7 Å². The number of fused-ring (bicyclic) bond motifs is 1. The van der Waals surface area contributed by atoms with E-state index >= 15 is 0 Å². The number of benzene rings is 2. The van der Waals surface area contributed by atoms with Gasteiger partial charge < -0.3 is 15.2 Å². The monoisotopic (exact) mass is 388 g/mol. The number of halogens is 1. The molecular formula is C17H13BrN2O4. The van der Waals surface area contributed by atoms with Gasteiger partial charge in [0.25, 0.3) is 22.5 Å². The minimum atomic E-state index is -0.516. The molecule has 0 N–H and O–H groups in total. The zero-order valence-corrected chi connectivity index (χ0v) is 14.3. The van der Waals surface area contributed by atoms with Crippen LogP contribution in [0.5, 0.6) is 5.75 Å². The normalized spacial score (nSPS) is 10.8. The molecule has 6 nitrogen and oxygen atoms in total. The summed E-state index contributed by atoms with van der Waals surface area (Å²) in [6, 6.07) is 12.7. The molecule has 2 aromatic carbocycles. The predicted molar refractivity (Wildman–Crippen MR) is 90.9 cm³/mol. The quantitative estimate of drug-likeness (QED) is 0.297. The lowest BCUT2D eigenvalue weighted by atomic mass is 10.1. The molecular weight excluding hydrogens is 376 g/mol. The first kappa shape index (κ1) is 16.2. The third kappa shape index (κ3) is 2.56. The number of carbonyl (C=O) groups excluding carboxylic acids is 1. The number of ketones is 1. The maximum absolute atomic E-state index is 12.8. The summed E-state index contributed by atoms with van der Waals surface area (Å²) < 4.78 is 6.20.